The van der Waals surface area contributed by atoms with Gasteiger partial charge in [0.25, 0.3) is 5.91 Å². The van der Waals surface area contributed by atoms with Gasteiger partial charge in [0.05, 0.1) is 0 Å². The molecule has 0 aliphatic heterocycles. The molecule has 0 heterocycles. The highest BCUT2D eigenvalue weighted by Gasteiger charge is 2.19. The lowest BCUT2D eigenvalue weighted by Crippen LogP contribution is -2.35. The Morgan fingerprint density at radius 2 is 1.75 bits per heavy atom. The van der Waals surface area contributed by atoms with Crippen molar-refractivity contribution in [2.75, 3.05) is 18.8 Å². The standard InChI is InChI=1S/C17H28N2O/c1-6-14(7-2)11-19(8-3)17(20)15-10-16(18)13(5)9-12(15)4/h9-10,14H,6-8,11,18H2,1-5H3. The molecule has 0 radical (unpaired) electrons. The third-order valence-corrected chi connectivity index (χ3v) is 4.15. The van der Waals surface area contributed by atoms with E-state index in [1.807, 2.05) is 37.8 Å². The highest BCUT2D eigenvalue weighted by Crippen LogP contribution is 2.20. The van der Waals surface area contributed by atoms with E-state index >= 15 is 0 Å². The Balaban J connectivity index is 2.99. The van der Waals surface area contributed by atoms with Crippen molar-refractivity contribution >= 4 is 11.6 Å². The number of nitrogen functional groups attached to an aromatic ring is 1. The minimum absolute atomic E-state index is 0.101. The number of aryl methyl sites for hydroxylation is 2. The van der Waals surface area contributed by atoms with Gasteiger partial charge in [0.1, 0.15) is 0 Å². The quantitative estimate of drug-likeness (QED) is 0.804. The number of hydrogen-bond donors (Lipinski definition) is 1. The Hall–Kier alpha value is -1.51. The SMILES string of the molecule is CCC(CC)CN(CC)C(=O)c1cc(N)c(C)cc1C. The van der Waals surface area contributed by atoms with Crippen molar-refractivity contribution in [2.24, 2.45) is 5.92 Å². The van der Waals surface area contributed by atoms with Gasteiger partial charge >= 0.3 is 0 Å². The molecule has 0 aromatic heterocycles. The molecule has 2 N–H and O–H groups in total. The van der Waals surface area contributed by atoms with Crippen LogP contribution < -0.4 is 5.73 Å². The molecule has 1 amide bonds. The molecule has 0 bridgehead atoms. The summed E-state index contributed by atoms with van der Waals surface area (Å²) < 4.78 is 0. The molecule has 0 fully saturated rings. The zero-order valence-electron chi connectivity index (χ0n) is 13.5. The lowest BCUT2D eigenvalue weighted by atomic mass is 10.00. The van der Waals surface area contributed by atoms with Crippen molar-refractivity contribution < 1.29 is 4.79 Å². The van der Waals surface area contributed by atoms with E-state index < -0.39 is 0 Å². The summed E-state index contributed by atoms with van der Waals surface area (Å²) in [7, 11) is 0. The summed E-state index contributed by atoms with van der Waals surface area (Å²) in [5, 5.41) is 0. The fourth-order valence-corrected chi connectivity index (χ4v) is 2.48. The van der Waals surface area contributed by atoms with Gasteiger partial charge in [-0.1, -0.05) is 32.8 Å². The average Bonchev–Trinajstić information content (AvgIpc) is 2.43. The number of rotatable bonds is 6. The van der Waals surface area contributed by atoms with Crippen molar-refractivity contribution in [3.8, 4) is 0 Å². The summed E-state index contributed by atoms with van der Waals surface area (Å²) in [6, 6.07) is 3.82. The van der Waals surface area contributed by atoms with Crippen LogP contribution in [0, 0.1) is 19.8 Å². The largest absolute Gasteiger partial charge is 0.398 e. The normalized spacial score (nSPS) is 10.9. The summed E-state index contributed by atoms with van der Waals surface area (Å²) in [4.78, 5) is 14.6. The van der Waals surface area contributed by atoms with Crippen LogP contribution in [0.4, 0.5) is 5.69 Å². The fourth-order valence-electron chi connectivity index (χ4n) is 2.48. The maximum absolute atomic E-state index is 12.7. The van der Waals surface area contributed by atoms with E-state index in [-0.39, 0.29) is 5.91 Å². The maximum atomic E-state index is 12.7. The Bertz CT molecular complexity index is 464. The second kappa shape index (κ2) is 7.32. The van der Waals surface area contributed by atoms with Gasteiger partial charge in [-0.25, -0.2) is 0 Å². The lowest BCUT2D eigenvalue weighted by Gasteiger charge is -2.26. The number of carbonyl (C=O) groups excluding carboxylic acids is 1. The smallest absolute Gasteiger partial charge is 0.254 e. The van der Waals surface area contributed by atoms with Gasteiger partial charge in [-0.3, -0.25) is 4.79 Å². The van der Waals surface area contributed by atoms with E-state index in [4.69, 9.17) is 5.73 Å². The van der Waals surface area contributed by atoms with Gasteiger partial charge in [0.15, 0.2) is 0 Å². The summed E-state index contributed by atoms with van der Waals surface area (Å²) in [5.41, 5.74) is 9.41. The number of hydrogen-bond acceptors (Lipinski definition) is 2. The minimum atomic E-state index is 0.101. The number of nitrogens with two attached hydrogens (primary N) is 1. The molecule has 3 nitrogen and oxygen atoms in total. The number of anilines is 1. The zero-order valence-corrected chi connectivity index (χ0v) is 13.5. The first-order chi connectivity index (χ1) is 9.44. The molecule has 0 aliphatic carbocycles. The molecule has 0 spiro atoms. The minimum Gasteiger partial charge on any atom is -0.398 e. The molecular formula is C17H28N2O. The lowest BCUT2D eigenvalue weighted by molar-refractivity contribution is 0.0734. The first-order valence-corrected chi connectivity index (χ1v) is 7.60. The first kappa shape index (κ1) is 16.5. The van der Waals surface area contributed by atoms with Crippen LogP contribution in [-0.4, -0.2) is 23.9 Å². The zero-order chi connectivity index (χ0) is 15.3. The van der Waals surface area contributed by atoms with E-state index in [0.29, 0.717) is 11.6 Å². The topological polar surface area (TPSA) is 46.3 Å². The number of benzene rings is 1. The predicted molar refractivity (Wildman–Crippen MR) is 86.0 cm³/mol. The summed E-state index contributed by atoms with van der Waals surface area (Å²) >= 11 is 0. The van der Waals surface area contributed by atoms with Gasteiger partial charge in [-0.15, -0.1) is 0 Å². The average molecular weight is 276 g/mol. The van der Waals surface area contributed by atoms with Crippen molar-refractivity contribution in [3.05, 3.63) is 28.8 Å². The second-order valence-electron chi connectivity index (χ2n) is 5.55. The van der Waals surface area contributed by atoms with Crippen LogP contribution in [0.3, 0.4) is 0 Å². The predicted octanol–water partition coefficient (Wildman–Crippen LogP) is 3.78. The molecular weight excluding hydrogens is 248 g/mol. The van der Waals surface area contributed by atoms with Gasteiger partial charge in [0, 0.05) is 24.3 Å². The Morgan fingerprint density at radius 1 is 1.15 bits per heavy atom. The van der Waals surface area contributed by atoms with Gasteiger partial charge < -0.3 is 10.6 Å². The fraction of sp³-hybridized carbons (Fsp3) is 0.588. The number of carbonyl (C=O) groups is 1. The third-order valence-electron chi connectivity index (χ3n) is 4.15. The monoisotopic (exact) mass is 276 g/mol. The molecule has 0 unspecified atom stereocenters. The summed E-state index contributed by atoms with van der Waals surface area (Å²) in [5.74, 6) is 0.672. The first-order valence-electron chi connectivity index (χ1n) is 7.60. The van der Waals surface area contributed by atoms with Crippen LogP contribution in [0.25, 0.3) is 0 Å². The van der Waals surface area contributed by atoms with E-state index in [9.17, 15) is 4.79 Å². The van der Waals surface area contributed by atoms with Crippen LogP contribution >= 0.6 is 0 Å². The number of nitrogens with zero attached hydrogens (tertiary/aromatic N) is 1. The van der Waals surface area contributed by atoms with E-state index in [2.05, 4.69) is 13.8 Å². The highest BCUT2D eigenvalue weighted by atomic mass is 16.2. The number of amides is 1. The molecule has 0 aliphatic rings. The molecule has 0 saturated carbocycles. The molecule has 1 rings (SSSR count). The van der Waals surface area contributed by atoms with Crippen molar-refractivity contribution in [2.45, 2.75) is 47.5 Å². The molecule has 1 aromatic carbocycles. The van der Waals surface area contributed by atoms with Crippen molar-refractivity contribution in [1.82, 2.24) is 4.90 Å². The maximum Gasteiger partial charge on any atom is 0.254 e. The molecule has 1 aromatic rings. The molecule has 0 atom stereocenters. The Labute approximate surface area is 123 Å². The van der Waals surface area contributed by atoms with Gasteiger partial charge in [0.2, 0.25) is 0 Å². The van der Waals surface area contributed by atoms with Crippen LogP contribution in [0.15, 0.2) is 12.1 Å². The van der Waals surface area contributed by atoms with Crippen molar-refractivity contribution in [3.63, 3.8) is 0 Å². The van der Waals surface area contributed by atoms with E-state index in [1.165, 1.54) is 0 Å². The molecule has 112 valence electrons. The molecule has 20 heavy (non-hydrogen) atoms. The highest BCUT2D eigenvalue weighted by molar-refractivity contribution is 5.96. The molecule has 0 saturated heterocycles. The van der Waals surface area contributed by atoms with Gasteiger partial charge in [-0.05, 0) is 43.9 Å². The Morgan fingerprint density at radius 3 is 2.25 bits per heavy atom. The van der Waals surface area contributed by atoms with E-state index in [0.717, 1.165) is 42.6 Å². The van der Waals surface area contributed by atoms with Crippen LogP contribution in [0.1, 0.15) is 55.1 Å². The van der Waals surface area contributed by atoms with E-state index in [1.54, 1.807) is 0 Å². The van der Waals surface area contributed by atoms with Crippen LogP contribution in [0.2, 0.25) is 0 Å². The van der Waals surface area contributed by atoms with Gasteiger partial charge in [-0.2, -0.15) is 0 Å². The van der Waals surface area contributed by atoms with Crippen molar-refractivity contribution in [1.29, 1.82) is 0 Å². The second-order valence-corrected chi connectivity index (χ2v) is 5.55. The Kier molecular flexibility index (Phi) is 6.05. The summed E-state index contributed by atoms with van der Waals surface area (Å²) in [6.45, 7) is 11.9. The van der Waals surface area contributed by atoms with Crippen LogP contribution in [0.5, 0.6) is 0 Å². The summed E-state index contributed by atoms with van der Waals surface area (Å²) in [6.07, 6.45) is 2.21. The third kappa shape index (κ3) is 3.75. The van der Waals surface area contributed by atoms with Crippen LogP contribution in [-0.2, 0) is 0 Å². The molecule has 3 heteroatoms.